The van der Waals surface area contributed by atoms with Gasteiger partial charge in [-0.05, 0) is 39.4 Å². The Morgan fingerprint density at radius 1 is 1.35 bits per heavy atom. The van der Waals surface area contributed by atoms with E-state index in [0.29, 0.717) is 0 Å². The Morgan fingerprint density at radius 2 is 2.10 bits per heavy atom. The molecule has 0 saturated carbocycles. The van der Waals surface area contributed by atoms with Gasteiger partial charge in [-0.3, -0.25) is 4.68 Å². The van der Waals surface area contributed by atoms with Gasteiger partial charge in [0.2, 0.25) is 0 Å². The second-order valence-electron chi connectivity index (χ2n) is 4.92. The molecular formula is C15H22ClN3O. The summed E-state index contributed by atoms with van der Waals surface area (Å²) in [7, 11) is 0. The molecule has 0 aliphatic carbocycles. The summed E-state index contributed by atoms with van der Waals surface area (Å²) in [6.45, 7) is 9.76. The molecule has 0 aliphatic heterocycles. The fourth-order valence-corrected chi connectivity index (χ4v) is 2.63. The smallest absolute Gasteiger partial charge is 0.121 e. The van der Waals surface area contributed by atoms with Crippen molar-refractivity contribution in [1.82, 2.24) is 15.1 Å². The van der Waals surface area contributed by atoms with E-state index in [0.717, 1.165) is 47.4 Å². The first-order valence-corrected chi connectivity index (χ1v) is 7.46. The van der Waals surface area contributed by atoms with Crippen LogP contribution in [0.5, 0.6) is 0 Å². The fourth-order valence-electron chi connectivity index (χ4n) is 2.42. The number of likely N-dealkylation sites (N-methyl/N-ethyl adjacent to an activating group) is 1. The van der Waals surface area contributed by atoms with E-state index < -0.39 is 0 Å². The Hall–Kier alpha value is -1.26. The van der Waals surface area contributed by atoms with Gasteiger partial charge in [-0.25, -0.2) is 0 Å². The molecule has 0 fully saturated rings. The minimum Gasteiger partial charge on any atom is -0.465 e. The van der Waals surface area contributed by atoms with E-state index in [2.05, 4.69) is 24.3 Å². The van der Waals surface area contributed by atoms with E-state index in [1.807, 2.05) is 30.7 Å². The summed E-state index contributed by atoms with van der Waals surface area (Å²) in [5.74, 6) is 1.87. The van der Waals surface area contributed by atoms with E-state index in [1.165, 1.54) is 0 Å². The number of rotatable bonds is 6. The average molecular weight is 296 g/mol. The third-order valence-corrected chi connectivity index (χ3v) is 3.90. The molecule has 2 aromatic rings. The summed E-state index contributed by atoms with van der Waals surface area (Å²) in [6.07, 6.45) is 0.772. The molecule has 0 aromatic carbocycles. The van der Waals surface area contributed by atoms with Crippen LogP contribution in [0.4, 0.5) is 0 Å². The first kappa shape index (κ1) is 15.1. The Kier molecular flexibility index (Phi) is 4.89. The normalized spacial score (nSPS) is 12.8. The second kappa shape index (κ2) is 6.46. The standard InChI is InChI=1S/C15H22ClN3O/c1-5-17-12(14-8-7-10(3)20-14)9-13-15(16)11(4)18-19(13)6-2/h7-8,12,17H,5-6,9H2,1-4H3. The van der Waals surface area contributed by atoms with E-state index in [4.69, 9.17) is 16.0 Å². The van der Waals surface area contributed by atoms with Crippen LogP contribution >= 0.6 is 11.6 Å². The van der Waals surface area contributed by atoms with Crippen LogP contribution in [0.15, 0.2) is 16.5 Å². The number of halogens is 1. The highest BCUT2D eigenvalue weighted by Gasteiger charge is 2.20. The summed E-state index contributed by atoms with van der Waals surface area (Å²) in [5, 5.41) is 8.68. The Bertz CT molecular complexity index is 574. The summed E-state index contributed by atoms with van der Waals surface area (Å²) in [6, 6.07) is 4.13. The maximum atomic E-state index is 6.39. The van der Waals surface area contributed by atoms with Gasteiger partial charge < -0.3 is 9.73 Å². The SMILES string of the molecule is CCNC(Cc1c(Cl)c(C)nn1CC)c1ccc(C)o1. The minimum atomic E-state index is 0.118. The van der Waals surface area contributed by atoms with Gasteiger partial charge >= 0.3 is 0 Å². The Labute approximate surface area is 125 Å². The summed E-state index contributed by atoms with van der Waals surface area (Å²) >= 11 is 6.39. The van der Waals surface area contributed by atoms with Crippen molar-refractivity contribution in [3.63, 3.8) is 0 Å². The number of aryl methyl sites for hydroxylation is 3. The lowest BCUT2D eigenvalue weighted by Gasteiger charge is -2.16. The number of hydrogen-bond acceptors (Lipinski definition) is 3. The number of nitrogens with zero attached hydrogens (tertiary/aromatic N) is 2. The van der Waals surface area contributed by atoms with E-state index in [-0.39, 0.29) is 6.04 Å². The predicted molar refractivity (Wildman–Crippen MR) is 81.2 cm³/mol. The van der Waals surface area contributed by atoms with Crippen LogP contribution in [0.2, 0.25) is 5.02 Å². The zero-order chi connectivity index (χ0) is 14.7. The van der Waals surface area contributed by atoms with Gasteiger partial charge in [0, 0.05) is 13.0 Å². The van der Waals surface area contributed by atoms with Gasteiger partial charge in [-0.15, -0.1) is 0 Å². The molecule has 2 rings (SSSR count). The van der Waals surface area contributed by atoms with Crippen LogP contribution in [0.3, 0.4) is 0 Å². The number of nitrogens with one attached hydrogen (secondary N) is 1. The molecule has 2 heterocycles. The number of furan rings is 1. The van der Waals surface area contributed by atoms with Gasteiger partial charge in [-0.1, -0.05) is 18.5 Å². The highest BCUT2D eigenvalue weighted by atomic mass is 35.5. The minimum absolute atomic E-state index is 0.118. The molecule has 0 bridgehead atoms. The van der Waals surface area contributed by atoms with Crippen molar-refractivity contribution < 1.29 is 4.42 Å². The average Bonchev–Trinajstić information content (AvgIpc) is 2.96. The molecule has 2 aromatic heterocycles. The lowest BCUT2D eigenvalue weighted by molar-refractivity contribution is 0.397. The maximum Gasteiger partial charge on any atom is 0.121 e. The quantitative estimate of drug-likeness (QED) is 0.884. The summed E-state index contributed by atoms with van der Waals surface area (Å²) in [5.41, 5.74) is 1.95. The monoisotopic (exact) mass is 295 g/mol. The van der Waals surface area contributed by atoms with Crippen molar-refractivity contribution in [1.29, 1.82) is 0 Å². The first-order valence-electron chi connectivity index (χ1n) is 7.08. The third kappa shape index (κ3) is 3.07. The van der Waals surface area contributed by atoms with Crippen LogP contribution in [0, 0.1) is 13.8 Å². The van der Waals surface area contributed by atoms with Crippen molar-refractivity contribution >= 4 is 11.6 Å². The van der Waals surface area contributed by atoms with Gasteiger partial charge in [0.25, 0.3) is 0 Å². The molecule has 0 saturated heterocycles. The first-order chi connectivity index (χ1) is 9.56. The zero-order valence-electron chi connectivity index (χ0n) is 12.5. The lowest BCUT2D eigenvalue weighted by atomic mass is 10.1. The number of hydrogen-bond donors (Lipinski definition) is 1. The van der Waals surface area contributed by atoms with Crippen LogP contribution in [-0.4, -0.2) is 16.3 Å². The van der Waals surface area contributed by atoms with Crippen molar-refractivity contribution in [2.24, 2.45) is 0 Å². The van der Waals surface area contributed by atoms with Crippen molar-refractivity contribution in [3.8, 4) is 0 Å². The predicted octanol–water partition coefficient (Wildman–Crippen LogP) is 3.66. The molecule has 1 unspecified atom stereocenters. The molecule has 20 heavy (non-hydrogen) atoms. The molecule has 0 amide bonds. The largest absolute Gasteiger partial charge is 0.465 e. The molecule has 110 valence electrons. The van der Waals surface area contributed by atoms with Crippen LogP contribution < -0.4 is 5.32 Å². The van der Waals surface area contributed by atoms with E-state index in [1.54, 1.807) is 0 Å². The molecule has 0 spiro atoms. The molecule has 5 heteroatoms. The summed E-state index contributed by atoms with van der Waals surface area (Å²) < 4.78 is 7.73. The highest BCUT2D eigenvalue weighted by molar-refractivity contribution is 6.31. The van der Waals surface area contributed by atoms with Crippen LogP contribution in [0.1, 0.15) is 42.8 Å². The zero-order valence-corrected chi connectivity index (χ0v) is 13.3. The van der Waals surface area contributed by atoms with Gasteiger partial charge in [0.15, 0.2) is 0 Å². The second-order valence-corrected chi connectivity index (χ2v) is 5.30. The third-order valence-electron chi connectivity index (χ3n) is 3.41. The molecular weight excluding hydrogens is 274 g/mol. The van der Waals surface area contributed by atoms with Crippen molar-refractivity contribution in [2.75, 3.05) is 6.54 Å². The molecule has 0 radical (unpaired) electrons. The Balaban J connectivity index is 2.28. The van der Waals surface area contributed by atoms with Gasteiger partial charge in [0.1, 0.15) is 11.5 Å². The Morgan fingerprint density at radius 3 is 2.65 bits per heavy atom. The molecule has 4 nitrogen and oxygen atoms in total. The highest BCUT2D eigenvalue weighted by Crippen LogP contribution is 2.27. The topological polar surface area (TPSA) is 43.0 Å². The van der Waals surface area contributed by atoms with Gasteiger partial charge in [-0.2, -0.15) is 5.10 Å². The fraction of sp³-hybridized carbons (Fsp3) is 0.533. The van der Waals surface area contributed by atoms with Crippen molar-refractivity contribution in [2.45, 2.75) is 46.7 Å². The van der Waals surface area contributed by atoms with E-state index >= 15 is 0 Å². The van der Waals surface area contributed by atoms with E-state index in [9.17, 15) is 0 Å². The number of aromatic nitrogens is 2. The molecule has 1 N–H and O–H groups in total. The van der Waals surface area contributed by atoms with Gasteiger partial charge in [0.05, 0.1) is 22.5 Å². The van der Waals surface area contributed by atoms with Crippen LogP contribution in [0.25, 0.3) is 0 Å². The summed E-state index contributed by atoms with van der Waals surface area (Å²) in [4.78, 5) is 0. The molecule has 0 aliphatic rings. The maximum absolute atomic E-state index is 6.39. The van der Waals surface area contributed by atoms with Crippen molar-refractivity contribution in [3.05, 3.63) is 40.1 Å². The lowest BCUT2D eigenvalue weighted by Crippen LogP contribution is -2.23. The molecule has 1 atom stereocenters. The van der Waals surface area contributed by atoms with Crippen LogP contribution in [-0.2, 0) is 13.0 Å².